The van der Waals surface area contributed by atoms with E-state index in [1.54, 1.807) is 0 Å². The maximum Gasteiger partial charge on any atom is 0.255 e. The van der Waals surface area contributed by atoms with Crippen LogP contribution < -0.4 is 11.1 Å². The van der Waals surface area contributed by atoms with E-state index in [2.05, 4.69) is 5.32 Å². The highest BCUT2D eigenvalue weighted by molar-refractivity contribution is 5.78. The molecule has 1 aliphatic rings. The summed E-state index contributed by atoms with van der Waals surface area (Å²) in [7, 11) is 0. The molecule has 0 aromatic carbocycles. The van der Waals surface area contributed by atoms with Gasteiger partial charge in [-0.25, -0.2) is 8.78 Å². The summed E-state index contributed by atoms with van der Waals surface area (Å²) in [5.41, 5.74) is 5.59. The van der Waals surface area contributed by atoms with Crippen molar-refractivity contribution in [2.45, 2.75) is 31.7 Å². The van der Waals surface area contributed by atoms with Crippen LogP contribution in [0.2, 0.25) is 0 Å². The fraction of sp³-hybridized carbons (Fsp3) is 0.875. The van der Waals surface area contributed by atoms with E-state index in [4.69, 9.17) is 5.73 Å². The zero-order valence-corrected chi connectivity index (χ0v) is 7.30. The highest BCUT2D eigenvalue weighted by Gasteiger charge is 2.27. The lowest BCUT2D eigenvalue weighted by Gasteiger charge is -2.09. The molecule has 1 rings (SSSR count). The lowest BCUT2D eigenvalue weighted by Crippen LogP contribution is -2.33. The molecule has 3 nitrogen and oxygen atoms in total. The van der Waals surface area contributed by atoms with Gasteiger partial charge in [0, 0.05) is 12.0 Å². The molecule has 0 aromatic heterocycles. The first-order valence-electron chi connectivity index (χ1n) is 4.41. The maximum absolute atomic E-state index is 11.7. The minimum Gasteiger partial charge on any atom is -0.350 e. The summed E-state index contributed by atoms with van der Waals surface area (Å²) in [5, 5.41) is 2.20. The van der Waals surface area contributed by atoms with Crippen molar-refractivity contribution < 1.29 is 13.6 Å². The number of hydrogen-bond donors (Lipinski definition) is 2. The largest absolute Gasteiger partial charge is 0.350 e. The van der Waals surface area contributed by atoms with Crippen molar-refractivity contribution in [3.05, 3.63) is 0 Å². The number of nitrogens with two attached hydrogens (primary N) is 1. The van der Waals surface area contributed by atoms with Crippen molar-refractivity contribution in [3.8, 4) is 0 Å². The third kappa shape index (κ3) is 3.26. The first-order chi connectivity index (χ1) is 6.09. The fourth-order valence-electron chi connectivity index (χ4n) is 1.58. The molecule has 0 bridgehead atoms. The van der Waals surface area contributed by atoms with Gasteiger partial charge in [-0.1, -0.05) is 0 Å². The Bertz CT molecular complexity index is 187. The minimum absolute atomic E-state index is 0.0577. The second-order valence-corrected chi connectivity index (χ2v) is 3.41. The number of carbonyl (C=O) groups excluding carboxylic acids is 1. The molecule has 0 heterocycles. The second kappa shape index (κ2) is 4.50. The van der Waals surface area contributed by atoms with Crippen molar-refractivity contribution in [1.29, 1.82) is 0 Å². The smallest absolute Gasteiger partial charge is 0.255 e. The maximum atomic E-state index is 11.7. The van der Waals surface area contributed by atoms with Gasteiger partial charge >= 0.3 is 0 Å². The first kappa shape index (κ1) is 10.4. The van der Waals surface area contributed by atoms with Gasteiger partial charge in [0.25, 0.3) is 6.43 Å². The lowest BCUT2D eigenvalue weighted by atomic mass is 10.1. The lowest BCUT2D eigenvalue weighted by molar-refractivity contribution is -0.125. The summed E-state index contributed by atoms with van der Waals surface area (Å²) in [6.07, 6.45) is -0.322. The van der Waals surface area contributed by atoms with Crippen LogP contribution in [0.1, 0.15) is 19.3 Å². The standard InChI is InChI=1S/C8H14F2N2O/c9-7(10)4-12-8(13)5-1-2-6(11)3-5/h5-7H,1-4,11H2,(H,12,13)/t5-,6+/m1/s1. The van der Waals surface area contributed by atoms with Crippen molar-refractivity contribution in [2.24, 2.45) is 11.7 Å². The van der Waals surface area contributed by atoms with Crippen molar-refractivity contribution in [2.75, 3.05) is 6.54 Å². The topological polar surface area (TPSA) is 55.1 Å². The molecule has 0 saturated heterocycles. The average Bonchev–Trinajstić information content (AvgIpc) is 2.47. The van der Waals surface area contributed by atoms with Crippen LogP contribution in [0.3, 0.4) is 0 Å². The summed E-state index contributed by atoms with van der Waals surface area (Å²) in [5.74, 6) is -0.443. The molecule has 13 heavy (non-hydrogen) atoms. The third-order valence-corrected chi connectivity index (χ3v) is 2.27. The van der Waals surface area contributed by atoms with Gasteiger partial charge in [0.15, 0.2) is 0 Å². The summed E-state index contributed by atoms with van der Waals surface area (Å²) < 4.78 is 23.4. The summed E-state index contributed by atoms with van der Waals surface area (Å²) >= 11 is 0. The molecule has 76 valence electrons. The number of hydrogen-bond acceptors (Lipinski definition) is 2. The van der Waals surface area contributed by atoms with Gasteiger partial charge in [0.1, 0.15) is 0 Å². The summed E-state index contributed by atoms with van der Waals surface area (Å²) in [6, 6.07) is 0.0577. The van der Waals surface area contributed by atoms with Crippen LogP contribution in [-0.2, 0) is 4.79 Å². The normalized spacial score (nSPS) is 28.0. The molecule has 0 radical (unpaired) electrons. The van der Waals surface area contributed by atoms with E-state index in [-0.39, 0.29) is 17.9 Å². The predicted molar refractivity (Wildman–Crippen MR) is 44.3 cm³/mol. The van der Waals surface area contributed by atoms with Crippen LogP contribution in [0.15, 0.2) is 0 Å². The quantitative estimate of drug-likeness (QED) is 0.684. The first-order valence-corrected chi connectivity index (χ1v) is 4.41. The van der Waals surface area contributed by atoms with E-state index in [0.717, 1.165) is 12.8 Å². The van der Waals surface area contributed by atoms with E-state index in [1.807, 2.05) is 0 Å². The van der Waals surface area contributed by atoms with Crippen molar-refractivity contribution in [3.63, 3.8) is 0 Å². The van der Waals surface area contributed by atoms with Crippen LogP contribution in [-0.4, -0.2) is 24.9 Å². The molecule has 2 atom stereocenters. The zero-order chi connectivity index (χ0) is 9.84. The number of nitrogens with one attached hydrogen (secondary N) is 1. The molecular weight excluding hydrogens is 178 g/mol. The Hall–Kier alpha value is -0.710. The molecule has 0 aromatic rings. The van der Waals surface area contributed by atoms with Gasteiger partial charge < -0.3 is 11.1 Å². The Morgan fingerprint density at radius 1 is 1.54 bits per heavy atom. The average molecular weight is 192 g/mol. The number of rotatable bonds is 3. The molecule has 1 aliphatic carbocycles. The van der Waals surface area contributed by atoms with Crippen LogP contribution in [0.4, 0.5) is 8.78 Å². The van der Waals surface area contributed by atoms with Crippen LogP contribution in [0.5, 0.6) is 0 Å². The molecule has 0 spiro atoms. The molecule has 5 heteroatoms. The third-order valence-electron chi connectivity index (χ3n) is 2.27. The molecule has 1 amide bonds. The minimum atomic E-state index is -2.47. The Morgan fingerprint density at radius 3 is 2.69 bits per heavy atom. The van der Waals surface area contributed by atoms with Gasteiger partial charge in [-0.05, 0) is 19.3 Å². The summed E-state index contributed by atoms with van der Waals surface area (Å²) in [4.78, 5) is 11.2. The van der Waals surface area contributed by atoms with Gasteiger partial charge in [-0.2, -0.15) is 0 Å². The number of halogens is 2. The Morgan fingerprint density at radius 2 is 2.23 bits per heavy atom. The monoisotopic (exact) mass is 192 g/mol. The number of amides is 1. The Kier molecular flexibility index (Phi) is 3.59. The van der Waals surface area contributed by atoms with Crippen LogP contribution >= 0.6 is 0 Å². The molecule has 0 unspecified atom stereocenters. The highest BCUT2D eigenvalue weighted by atomic mass is 19.3. The molecule has 0 aliphatic heterocycles. The van der Waals surface area contributed by atoms with Crippen LogP contribution in [0.25, 0.3) is 0 Å². The van der Waals surface area contributed by atoms with Crippen LogP contribution in [0, 0.1) is 5.92 Å². The highest BCUT2D eigenvalue weighted by Crippen LogP contribution is 2.23. The molecule has 1 saturated carbocycles. The van der Waals surface area contributed by atoms with Crippen molar-refractivity contribution in [1.82, 2.24) is 5.32 Å². The van der Waals surface area contributed by atoms with E-state index in [9.17, 15) is 13.6 Å². The molecular formula is C8H14F2N2O. The zero-order valence-electron chi connectivity index (χ0n) is 7.30. The Balaban J connectivity index is 2.24. The predicted octanol–water partition coefficient (Wildman–Crippen LogP) is 0.495. The fourth-order valence-corrected chi connectivity index (χ4v) is 1.58. The molecule has 3 N–H and O–H groups in total. The van der Waals surface area contributed by atoms with E-state index in [1.165, 1.54) is 0 Å². The van der Waals surface area contributed by atoms with Gasteiger partial charge in [0.05, 0.1) is 6.54 Å². The van der Waals surface area contributed by atoms with E-state index >= 15 is 0 Å². The van der Waals surface area contributed by atoms with Gasteiger partial charge in [-0.3, -0.25) is 4.79 Å². The summed E-state index contributed by atoms with van der Waals surface area (Å²) in [6.45, 7) is -0.551. The van der Waals surface area contributed by atoms with E-state index < -0.39 is 13.0 Å². The van der Waals surface area contributed by atoms with Gasteiger partial charge in [0.2, 0.25) is 5.91 Å². The number of carbonyl (C=O) groups is 1. The Labute approximate surface area is 75.7 Å². The van der Waals surface area contributed by atoms with Gasteiger partial charge in [-0.15, -0.1) is 0 Å². The van der Waals surface area contributed by atoms with E-state index in [0.29, 0.717) is 6.42 Å². The molecule has 1 fully saturated rings. The SMILES string of the molecule is N[C@H]1CC[C@@H](C(=O)NCC(F)F)C1. The second-order valence-electron chi connectivity index (χ2n) is 3.41. The van der Waals surface area contributed by atoms with Crippen molar-refractivity contribution >= 4 is 5.91 Å². The number of alkyl halides is 2.